The molecular formula is C9H9BrFNO2. The molecule has 1 rings (SSSR count). The quantitative estimate of drug-likeness (QED) is 0.875. The fourth-order valence-corrected chi connectivity index (χ4v) is 1.53. The molecule has 0 unspecified atom stereocenters. The SMILES string of the molecule is CN[C@H](C(=O)O)c1cc(Br)ccc1F. The van der Waals surface area contributed by atoms with Crippen molar-refractivity contribution in [3.05, 3.63) is 34.1 Å². The monoisotopic (exact) mass is 261 g/mol. The van der Waals surface area contributed by atoms with E-state index < -0.39 is 17.8 Å². The molecule has 0 saturated carbocycles. The van der Waals surface area contributed by atoms with Gasteiger partial charge in [0.2, 0.25) is 0 Å². The van der Waals surface area contributed by atoms with Crippen molar-refractivity contribution in [2.24, 2.45) is 0 Å². The van der Waals surface area contributed by atoms with Crippen LogP contribution < -0.4 is 5.32 Å². The van der Waals surface area contributed by atoms with Crippen molar-refractivity contribution in [3.8, 4) is 0 Å². The molecule has 0 aliphatic rings. The number of carboxylic acid groups (broad SMARTS) is 1. The van der Waals surface area contributed by atoms with Gasteiger partial charge in [0.25, 0.3) is 0 Å². The summed E-state index contributed by atoms with van der Waals surface area (Å²) in [4.78, 5) is 10.8. The second kappa shape index (κ2) is 4.52. The van der Waals surface area contributed by atoms with Gasteiger partial charge in [-0.1, -0.05) is 15.9 Å². The van der Waals surface area contributed by atoms with Crippen molar-refractivity contribution in [2.75, 3.05) is 7.05 Å². The van der Waals surface area contributed by atoms with Crippen LogP contribution in [0.15, 0.2) is 22.7 Å². The van der Waals surface area contributed by atoms with Gasteiger partial charge in [-0.25, -0.2) is 4.39 Å². The first kappa shape index (κ1) is 11.1. The van der Waals surface area contributed by atoms with Crippen LogP contribution in [0.3, 0.4) is 0 Å². The molecule has 0 bridgehead atoms. The molecule has 0 heterocycles. The zero-order valence-electron chi connectivity index (χ0n) is 7.42. The van der Waals surface area contributed by atoms with Gasteiger partial charge in [0.15, 0.2) is 0 Å². The lowest BCUT2D eigenvalue weighted by molar-refractivity contribution is -0.139. The van der Waals surface area contributed by atoms with Gasteiger partial charge in [-0.15, -0.1) is 0 Å². The third kappa shape index (κ3) is 2.30. The van der Waals surface area contributed by atoms with Gasteiger partial charge < -0.3 is 10.4 Å². The Labute approximate surface area is 89.1 Å². The first-order chi connectivity index (χ1) is 6.56. The summed E-state index contributed by atoms with van der Waals surface area (Å²) in [6.45, 7) is 0. The van der Waals surface area contributed by atoms with Crippen molar-refractivity contribution in [1.82, 2.24) is 5.32 Å². The molecule has 1 aromatic carbocycles. The number of carbonyl (C=O) groups is 1. The Morgan fingerprint density at radius 1 is 1.64 bits per heavy atom. The number of nitrogens with one attached hydrogen (secondary N) is 1. The lowest BCUT2D eigenvalue weighted by Crippen LogP contribution is -2.25. The first-order valence-corrected chi connectivity index (χ1v) is 4.70. The van der Waals surface area contributed by atoms with Crippen LogP contribution in [0.2, 0.25) is 0 Å². The predicted molar refractivity (Wildman–Crippen MR) is 53.5 cm³/mol. The van der Waals surface area contributed by atoms with Crippen LogP contribution in [0, 0.1) is 5.82 Å². The zero-order chi connectivity index (χ0) is 10.7. The minimum Gasteiger partial charge on any atom is -0.480 e. The van der Waals surface area contributed by atoms with E-state index in [1.165, 1.54) is 25.2 Å². The van der Waals surface area contributed by atoms with Crippen LogP contribution in [-0.4, -0.2) is 18.1 Å². The number of aliphatic carboxylic acids is 1. The average Bonchev–Trinajstić information content (AvgIpc) is 2.11. The normalized spacial score (nSPS) is 12.5. The smallest absolute Gasteiger partial charge is 0.325 e. The minimum absolute atomic E-state index is 0.120. The molecule has 1 aromatic rings. The standard InChI is InChI=1S/C9H9BrFNO2/c1-12-8(9(13)14)6-4-5(10)2-3-7(6)11/h2-4,8,12H,1H3,(H,13,14)/t8-/m0/s1. The van der Waals surface area contributed by atoms with E-state index in [9.17, 15) is 9.18 Å². The van der Waals surface area contributed by atoms with Gasteiger partial charge in [0, 0.05) is 10.0 Å². The van der Waals surface area contributed by atoms with Gasteiger partial charge in [0.05, 0.1) is 0 Å². The lowest BCUT2D eigenvalue weighted by atomic mass is 10.1. The van der Waals surface area contributed by atoms with Crippen LogP contribution >= 0.6 is 15.9 Å². The fraction of sp³-hybridized carbons (Fsp3) is 0.222. The maximum Gasteiger partial charge on any atom is 0.325 e. The van der Waals surface area contributed by atoms with E-state index >= 15 is 0 Å². The summed E-state index contributed by atoms with van der Waals surface area (Å²) in [7, 11) is 1.47. The second-order valence-corrected chi connectivity index (χ2v) is 3.64. The molecule has 0 amide bonds. The molecule has 1 atom stereocenters. The molecule has 0 fully saturated rings. The zero-order valence-corrected chi connectivity index (χ0v) is 9.01. The van der Waals surface area contributed by atoms with E-state index in [2.05, 4.69) is 21.2 Å². The molecule has 14 heavy (non-hydrogen) atoms. The molecule has 2 N–H and O–H groups in total. The first-order valence-electron chi connectivity index (χ1n) is 3.91. The van der Waals surface area contributed by atoms with E-state index in [4.69, 9.17) is 5.11 Å². The molecule has 3 nitrogen and oxygen atoms in total. The van der Waals surface area contributed by atoms with E-state index in [-0.39, 0.29) is 5.56 Å². The number of halogens is 2. The van der Waals surface area contributed by atoms with Gasteiger partial charge in [0.1, 0.15) is 11.9 Å². The third-order valence-electron chi connectivity index (χ3n) is 1.80. The van der Waals surface area contributed by atoms with Crippen LogP contribution in [0.4, 0.5) is 4.39 Å². The summed E-state index contributed by atoms with van der Waals surface area (Å²) in [5.41, 5.74) is 0.120. The Hall–Kier alpha value is -0.940. The van der Waals surface area contributed by atoms with Gasteiger partial charge in [-0.3, -0.25) is 4.79 Å². The van der Waals surface area contributed by atoms with Crippen LogP contribution in [-0.2, 0) is 4.79 Å². The number of hydrogen-bond donors (Lipinski definition) is 2. The Balaban J connectivity index is 3.15. The summed E-state index contributed by atoms with van der Waals surface area (Å²) in [6.07, 6.45) is 0. The molecule has 0 spiro atoms. The Morgan fingerprint density at radius 2 is 2.29 bits per heavy atom. The third-order valence-corrected chi connectivity index (χ3v) is 2.30. The van der Waals surface area contributed by atoms with E-state index in [0.29, 0.717) is 4.47 Å². The molecule has 0 aliphatic carbocycles. The second-order valence-electron chi connectivity index (χ2n) is 2.73. The number of hydrogen-bond acceptors (Lipinski definition) is 2. The topological polar surface area (TPSA) is 49.3 Å². The number of rotatable bonds is 3. The molecule has 0 saturated heterocycles. The summed E-state index contributed by atoms with van der Waals surface area (Å²) in [5.74, 6) is -1.64. The molecule has 76 valence electrons. The van der Waals surface area contributed by atoms with Crippen molar-refractivity contribution in [1.29, 1.82) is 0 Å². The molecule has 5 heteroatoms. The van der Waals surface area contributed by atoms with E-state index in [1.54, 1.807) is 0 Å². The number of benzene rings is 1. The van der Waals surface area contributed by atoms with Crippen LogP contribution in [0.1, 0.15) is 11.6 Å². The highest BCUT2D eigenvalue weighted by Gasteiger charge is 2.21. The summed E-state index contributed by atoms with van der Waals surface area (Å²) in [6, 6.07) is 3.18. The largest absolute Gasteiger partial charge is 0.480 e. The summed E-state index contributed by atoms with van der Waals surface area (Å²) in [5, 5.41) is 11.3. The molecule has 0 radical (unpaired) electrons. The maximum absolute atomic E-state index is 13.2. The van der Waals surface area contributed by atoms with Crippen LogP contribution in [0.25, 0.3) is 0 Å². The van der Waals surface area contributed by atoms with Crippen molar-refractivity contribution in [3.63, 3.8) is 0 Å². The minimum atomic E-state index is -1.11. The highest BCUT2D eigenvalue weighted by Crippen LogP contribution is 2.21. The molecule has 0 aromatic heterocycles. The molecule has 0 aliphatic heterocycles. The molecular weight excluding hydrogens is 253 g/mol. The van der Waals surface area contributed by atoms with Gasteiger partial charge >= 0.3 is 5.97 Å². The lowest BCUT2D eigenvalue weighted by Gasteiger charge is -2.12. The van der Waals surface area contributed by atoms with E-state index in [0.717, 1.165) is 0 Å². The fourth-order valence-electron chi connectivity index (χ4n) is 1.15. The van der Waals surface area contributed by atoms with Gasteiger partial charge in [-0.05, 0) is 25.2 Å². The summed E-state index contributed by atoms with van der Waals surface area (Å²) < 4.78 is 13.9. The highest BCUT2D eigenvalue weighted by atomic mass is 79.9. The number of likely N-dealkylation sites (N-methyl/N-ethyl adjacent to an activating group) is 1. The van der Waals surface area contributed by atoms with Crippen LogP contribution in [0.5, 0.6) is 0 Å². The highest BCUT2D eigenvalue weighted by molar-refractivity contribution is 9.10. The van der Waals surface area contributed by atoms with Crippen molar-refractivity contribution >= 4 is 21.9 Å². The van der Waals surface area contributed by atoms with E-state index in [1.807, 2.05) is 0 Å². The summed E-state index contributed by atoms with van der Waals surface area (Å²) >= 11 is 3.16. The van der Waals surface area contributed by atoms with Gasteiger partial charge in [-0.2, -0.15) is 0 Å². The van der Waals surface area contributed by atoms with Crippen molar-refractivity contribution < 1.29 is 14.3 Å². The Morgan fingerprint density at radius 3 is 2.79 bits per heavy atom. The predicted octanol–water partition coefficient (Wildman–Crippen LogP) is 1.93. The number of carboxylic acids is 1. The Kier molecular flexibility index (Phi) is 3.60. The Bertz CT molecular complexity index is 357. The maximum atomic E-state index is 13.2. The average molecular weight is 262 g/mol. The van der Waals surface area contributed by atoms with Crippen molar-refractivity contribution in [2.45, 2.75) is 6.04 Å².